The van der Waals surface area contributed by atoms with Gasteiger partial charge in [-0.2, -0.15) is 0 Å². The van der Waals surface area contributed by atoms with Gasteiger partial charge < -0.3 is 15.4 Å². The van der Waals surface area contributed by atoms with Gasteiger partial charge in [-0.25, -0.2) is 4.79 Å². The second-order valence-electron chi connectivity index (χ2n) is 2.78. The molecular weight excluding hydrogens is 144 g/mol. The number of nitrogens with zero attached hydrogens (tertiary/aromatic N) is 1. The highest BCUT2D eigenvalue weighted by atomic mass is 16.5. The Morgan fingerprint density at radius 1 is 1.82 bits per heavy atom. The Kier molecular flexibility index (Phi) is 2.70. The molecule has 11 heavy (non-hydrogen) atoms. The molecule has 0 radical (unpaired) electrons. The van der Waals surface area contributed by atoms with Crippen molar-refractivity contribution in [3.63, 3.8) is 0 Å². The van der Waals surface area contributed by atoms with E-state index in [0.717, 1.165) is 19.4 Å². The van der Waals surface area contributed by atoms with Crippen molar-refractivity contribution in [2.24, 2.45) is 5.73 Å². The topological polar surface area (TPSA) is 55.6 Å². The van der Waals surface area contributed by atoms with Crippen LogP contribution >= 0.6 is 0 Å². The number of hydrogen-bond donors (Lipinski definition) is 1. The SMILES string of the molecule is COC[C@H]1CCCN1C(N)=O. The highest BCUT2D eigenvalue weighted by Crippen LogP contribution is 2.16. The van der Waals surface area contributed by atoms with Gasteiger partial charge in [-0.05, 0) is 12.8 Å². The third-order valence-electron chi connectivity index (χ3n) is 2.02. The van der Waals surface area contributed by atoms with E-state index in [1.807, 2.05) is 0 Å². The summed E-state index contributed by atoms with van der Waals surface area (Å²) in [5.41, 5.74) is 5.15. The van der Waals surface area contributed by atoms with Crippen LogP contribution in [0.5, 0.6) is 0 Å². The van der Waals surface area contributed by atoms with E-state index in [2.05, 4.69) is 0 Å². The monoisotopic (exact) mass is 158 g/mol. The second-order valence-corrected chi connectivity index (χ2v) is 2.78. The van der Waals surface area contributed by atoms with Gasteiger partial charge in [-0.1, -0.05) is 0 Å². The fraction of sp³-hybridized carbons (Fsp3) is 0.857. The summed E-state index contributed by atoms with van der Waals surface area (Å²) in [5.74, 6) is 0. The van der Waals surface area contributed by atoms with Gasteiger partial charge >= 0.3 is 6.03 Å². The molecule has 0 bridgehead atoms. The lowest BCUT2D eigenvalue weighted by Gasteiger charge is -2.21. The molecule has 1 atom stereocenters. The van der Waals surface area contributed by atoms with Crippen LogP contribution in [0.4, 0.5) is 4.79 Å². The Morgan fingerprint density at radius 2 is 2.55 bits per heavy atom. The first-order valence-electron chi connectivity index (χ1n) is 3.80. The standard InChI is InChI=1S/C7H14N2O2/c1-11-5-6-3-2-4-9(6)7(8)10/h6H,2-5H2,1H3,(H2,8,10)/t6-/m1/s1. The zero-order valence-corrected chi connectivity index (χ0v) is 6.75. The van der Waals surface area contributed by atoms with E-state index in [1.54, 1.807) is 12.0 Å². The van der Waals surface area contributed by atoms with E-state index in [0.29, 0.717) is 6.61 Å². The van der Waals surface area contributed by atoms with Gasteiger partial charge in [0.15, 0.2) is 0 Å². The van der Waals surface area contributed by atoms with Gasteiger partial charge in [0, 0.05) is 13.7 Å². The van der Waals surface area contributed by atoms with Crippen LogP contribution in [-0.2, 0) is 4.74 Å². The van der Waals surface area contributed by atoms with Crippen molar-refractivity contribution in [1.29, 1.82) is 0 Å². The first-order chi connectivity index (χ1) is 5.25. The van der Waals surface area contributed by atoms with Gasteiger partial charge in [0.1, 0.15) is 0 Å². The maximum absolute atomic E-state index is 10.8. The highest BCUT2D eigenvalue weighted by molar-refractivity contribution is 5.72. The number of carbonyl (C=O) groups is 1. The molecule has 1 aliphatic heterocycles. The minimum atomic E-state index is -0.329. The molecule has 0 saturated carbocycles. The van der Waals surface area contributed by atoms with E-state index in [4.69, 9.17) is 10.5 Å². The quantitative estimate of drug-likeness (QED) is 0.623. The maximum Gasteiger partial charge on any atom is 0.315 e. The van der Waals surface area contributed by atoms with Gasteiger partial charge in [-0.3, -0.25) is 0 Å². The maximum atomic E-state index is 10.8. The molecule has 1 fully saturated rings. The molecule has 0 aliphatic carbocycles. The summed E-state index contributed by atoms with van der Waals surface area (Å²) >= 11 is 0. The molecule has 4 nitrogen and oxygen atoms in total. The fourth-order valence-electron chi connectivity index (χ4n) is 1.49. The predicted octanol–water partition coefficient (Wildman–Crippen LogP) is 0.176. The Morgan fingerprint density at radius 3 is 3.09 bits per heavy atom. The third kappa shape index (κ3) is 1.83. The van der Waals surface area contributed by atoms with E-state index < -0.39 is 0 Å². The number of likely N-dealkylation sites (tertiary alicyclic amines) is 1. The molecule has 0 unspecified atom stereocenters. The summed E-state index contributed by atoms with van der Waals surface area (Å²) in [4.78, 5) is 12.4. The largest absolute Gasteiger partial charge is 0.383 e. The summed E-state index contributed by atoms with van der Waals surface area (Å²) in [7, 11) is 1.64. The smallest absolute Gasteiger partial charge is 0.315 e. The number of amides is 2. The van der Waals surface area contributed by atoms with Crippen LogP contribution in [0.3, 0.4) is 0 Å². The van der Waals surface area contributed by atoms with Crippen molar-refractivity contribution in [3.8, 4) is 0 Å². The van der Waals surface area contributed by atoms with E-state index >= 15 is 0 Å². The van der Waals surface area contributed by atoms with E-state index in [1.165, 1.54) is 0 Å². The lowest BCUT2D eigenvalue weighted by Crippen LogP contribution is -2.41. The predicted molar refractivity (Wildman–Crippen MR) is 41.2 cm³/mol. The zero-order chi connectivity index (χ0) is 8.27. The minimum Gasteiger partial charge on any atom is -0.383 e. The van der Waals surface area contributed by atoms with E-state index in [9.17, 15) is 4.79 Å². The number of methoxy groups -OCH3 is 1. The van der Waals surface area contributed by atoms with Gasteiger partial charge in [0.2, 0.25) is 0 Å². The van der Waals surface area contributed by atoms with Crippen LogP contribution < -0.4 is 5.73 Å². The molecule has 2 N–H and O–H groups in total. The molecule has 1 rings (SSSR count). The number of carbonyl (C=O) groups excluding carboxylic acids is 1. The van der Waals surface area contributed by atoms with Crippen LogP contribution in [0, 0.1) is 0 Å². The summed E-state index contributed by atoms with van der Waals surface area (Å²) in [6.07, 6.45) is 2.05. The first-order valence-corrected chi connectivity index (χ1v) is 3.80. The summed E-state index contributed by atoms with van der Waals surface area (Å²) in [6, 6.07) is -0.123. The van der Waals surface area contributed by atoms with Crippen molar-refractivity contribution >= 4 is 6.03 Å². The molecule has 0 aromatic heterocycles. The third-order valence-corrected chi connectivity index (χ3v) is 2.02. The van der Waals surface area contributed by atoms with Crippen molar-refractivity contribution in [1.82, 2.24) is 4.90 Å². The summed E-state index contributed by atoms with van der Waals surface area (Å²) in [5, 5.41) is 0. The molecule has 1 heterocycles. The molecule has 0 aromatic rings. The molecule has 2 amide bonds. The average molecular weight is 158 g/mol. The van der Waals surface area contributed by atoms with Gasteiger partial charge in [0.25, 0.3) is 0 Å². The Hall–Kier alpha value is -0.770. The number of ether oxygens (including phenoxy) is 1. The molecule has 0 spiro atoms. The van der Waals surface area contributed by atoms with Gasteiger partial charge in [0.05, 0.1) is 12.6 Å². The van der Waals surface area contributed by atoms with Crippen LogP contribution in [0.15, 0.2) is 0 Å². The number of urea groups is 1. The first kappa shape index (κ1) is 8.33. The van der Waals surface area contributed by atoms with E-state index in [-0.39, 0.29) is 12.1 Å². The molecule has 1 saturated heterocycles. The normalized spacial score (nSPS) is 24.1. The number of hydrogen-bond acceptors (Lipinski definition) is 2. The van der Waals surface area contributed by atoms with Crippen LogP contribution in [0.2, 0.25) is 0 Å². The zero-order valence-electron chi connectivity index (χ0n) is 6.75. The highest BCUT2D eigenvalue weighted by Gasteiger charge is 2.26. The summed E-state index contributed by atoms with van der Waals surface area (Å²) < 4.78 is 4.96. The lowest BCUT2D eigenvalue weighted by atomic mass is 10.2. The Balaban J connectivity index is 2.44. The number of primary amides is 1. The fourth-order valence-corrected chi connectivity index (χ4v) is 1.49. The number of rotatable bonds is 2. The molecular formula is C7H14N2O2. The second kappa shape index (κ2) is 3.57. The van der Waals surface area contributed by atoms with Gasteiger partial charge in [-0.15, -0.1) is 0 Å². The van der Waals surface area contributed by atoms with Crippen LogP contribution in [-0.4, -0.2) is 37.2 Å². The molecule has 0 aromatic carbocycles. The van der Waals surface area contributed by atoms with Crippen molar-refractivity contribution < 1.29 is 9.53 Å². The molecule has 4 heteroatoms. The van der Waals surface area contributed by atoms with Crippen LogP contribution in [0.25, 0.3) is 0 Å². The van der Waals surface area contributed by atoms with Crippen LogP contribution in [0.1, 0.15) is 12.8 Å². The molecule has 1 aliphatic rings. The number of nitrogens with two attached hydrogens (primary N) is 1. The Bertz CT molecular complexity index is 149. The van der Waals surface area contributed by atoms with Crippen molar-refractivity contribution in [2.75, 3.05) is 20.3 Å². The lowest BCUT2D eigenvalue weighted by molar-refractivity contribution is 0.127. The average Bonchev–Trinajstić information content (AvgIpc) is 2.36. The minimum absolute atomic E-state index is 0.206. The van der Waals surface area contributed by atoms with Crippen molar-refractivity contribution in [2.45, 2.75) is 18.9 Å². The summed E-state index contributed by atoms with van der Waals surface area (Å²) in [6.45, 7) is 1.38. The van der Waals surface area contributed by atoms with Crippen molar-refractivity contribution in [3.05, 3.63) is 0 Å². The Labute approximate surface area is 66.3 Å². The molecule has 64 valence electrons.